The molecule has 0 bridgehead atoms. The van der Waals surface area contributed by atoms with Gasteiger partial charge in [0.15, 0.2) is 17.0 Å². The number of carbonyl (C=O) groups is 4. The smallest absolute Gasteiger partial charge is 0.413 e. The van der Waals surface area contributed by atoms with E-state index < -0.39 is 30.1 Å². The number of esters is 1. The number of unbranched alkanes of at least 4 members (excludes halogenated alkanes) is 1. The molecule has 2 aromatic heterocycles. The predicted molar refractivity (Wildman–Crippen MR) is 171 cm³/mol. The second-order valence-electron chi connectivity index (χ2n) is 10.5. The number of methoxy groups -OCH3 is 1. The fourth-order valence-corrected chi connectivity index (χ4v) is 4.53. The zero-order valence-electron chi connectivity index (χ0n) is 26.0. The van der Waals surface area contributed by atoms with Crippen molar-refractivity contribution in [1.29, 1.82) is 0 Å². The van der Waals surface area contributed by atoms with Crippen molar-refractivity contribution in [1.82, 2.24) is 29.7 Å². The molecule has 15 nitrogen and oxygen atoms in total. The molecule has 1 unspecified atom stereocenters. The van der Waals surface area contributed by atoms with Crippen LogP contribution in [0.3, 0.4) is 0 Å². The van der Waals surface area contributed by atoms with Crippen LogP contribution in [-0.4, -0.2) is 81.3 Å². The second kappa shape index (κ2) is 17.8. The Kier molecular flexibility index (Phi) is 13.0. The lowest BCUT2D eigenvalue weighted by molar-refractivity contribution is -0.147. The van der Waals surface area contributed by atoms with E-state index in [2.05, 4.69) is 25.6 Å². The number of benzene rings is 2. The van der Waals surface area contributed by atoms with Crippen LogP contribution in [0.25, 0.3) is 11.2 Å². The average Bonchev–Trinajstić information content (AvgIpc) is 3.50. The largest absolute Gasteiger partial charge is 0.468 e. The Morgan fingerprint density at radius 2 is 1.55 bits per heavy atom. The fraction of sp³-hybridized carbons (Fsp3) is 0.344. The Bertz CT molecular complexity index is 1620. The molecule has 0 saturated carbocycles. The number of nitrogens with one attached hydrogen (secondary N) is 2. The van der Waals surface area contributed by atoms with Crippen LogP contribution in [0.1, 0.15) is 30.4 Å². The number of carbonyl (C=O) groups excluding carboxylic acids is 4. The minimum Gasteiger partial charge on any atom is -0.468 e. The van der Waals surface area contributed by atoms with Crippen LogP contribution in [-0.2, 0) is 43.6 Å². The van der Waals surface area contributed by atoms with Gasteiger partial charge in [-0.2, -0.15) is 0 Å². The van der Waals surface area contributed by atoms with E-state index >= 15 is 0 Å². The molecule has 0 spiro atoms. The van der Waals surface area contributed by atoms with Gasteiger partial charge in [-0.3, -0.25) is 14.9 Å². The Labute approximate surface area is 271 Å². The molecule has 248 valence electrons. The summed E-state index contributed by atoms with van der Waals surface area (Å²) in [7, 11) is 1.24. The van der Waals surface area contributed by atoms with Crippen LogP contribution in [0.4, 0.5) is 15.4 Å². The molecular weight excluding hydrogens is 608 g/mol. The van der Waals surface area contributed by atoms with E-state index in [1.54, 1.807) is 0 Å². The SMILES string of the molecule is COC(=O)CN(CC(N)CCCCNC(=O)OCc1ccccc1)C(=O)Cn1cnc2c(NC(=O)OCc3ccccc3)ncnc21. The summed E-state index contributed by atoms with van der Waals surface area (Å²) in [5.74, 6) is -0.892. The minimum atomic E-state index is -0.725. The van der Waals surface area contributed by atoms with Crippen molar-refractivity contribution in [2.75, 3.05) is 32.1 Å². The number of nitrogens with two attached hydrogens (primary N) is 1. The topological polar surface area (TPSA) is 193 Å². The van der Waals surface area contributed by atoms with Gasteiger partial charge in [0.25, 0.3) is 0 Å². The van der Waals surface area contributed by atoms with Crippen molar-refractivity contribution in [2.24, 2.45) is 5.73 Å². The number of ether oxygens (including phenoxy) is 3. The molecule has 4 N–H and O–H groups in total. The summed E-state index contributed by atoms with van der Waals surface area (Å²) in [6, 6.07) is 18.1. The first-order chi connectivity index (χ1) is 22.8. The number of amides is 3. The molecule has 0 saturated heterocycles. The van der Waals surface area contributed by atoms with Gasteiger partial charge in [0.2, 0.25) is 5.91 Å². The Morgan fingerprint density at radius 1 is 0.894 bits per heavy atom. The third-order valence-electron chi connectivity index (χ3n) is 6.98. The molecule has 4 rings (SSSR count). The van der Waals surface area contributed by atoms with E-state index in [1.165, 1.54) is 29.2 Å². The molecule has 0 aliphatic heterocycles. The lowest BCUT2D eigenvalue weighted by atomic mass is 10.1. The zero-order valence-corrected chi connectivity index (χ0v) is 26.0. The fourth-order valence-electron chi connectivity index (χ4n) is 4.53. The van der Waals surface area contributed by atoms with Crippen molar-refractivity contribution in [3.05, 3.63) is 84.4 Å². The number of hydrogen-bond donors (Lipinski definition) is 3. The number of hydrogen-bond acceptors (Lipinski definition) is 11. The van der Waals surface area contributed by atoms with Crippen molar-refractivity contribution >= 4 is 41.0 Å². The molecule has 4 aromatic rings. The number of anilines is 1. The summed E-state index contributed by atoms with van der Waals surface area (Å²) >= 11 is 0. The van der Waals surface area contributed by atoms with E-state index in [4.69, 9.17) is 19.9 Å². The van der Waals surface area contributed by atoms with Gasteiger partial charge < -0.3 is 34.7 Å². The monoisotopic (exact) mass is 646 g/mol. The summed E-state index contributed by atoms with van der Waals surface area (Å²) in [6.07, 6.45) is 3.27. The second-order valence-corrected chi connectivity index (χ2v) is 10.5. The summed E-state index contributed by atoms with van der Waals surface area (Å²) in [5.41, 5.74) is 8.59. The average molecular weight is 647 g/mol. The van der Waals surface area contributed by atoms with Crippen LogP contribution in [0.2, 0.25) is 0 Å². The maximum Gasteiger partial charge on any atom is 0.413 e. The van der Waals surface area contributed by atoms with Gasteiger partial charge in [-0.05, 0) is 24.0 Å². The number of nitrogens with zero attached hydrogens (tertiary/aromatic N) is 5. The van der Waals surface area contributed by atoms with E-state index in [0.717, 1.165) is 11.1 Å². The zero-order chi connectivity index (χ0) is 33.4. The molecule has 3 amide bonds. The molecule has 0 aliphatic carbocycles. The lowest BCUT2D eigenvalue weighted by Gasteiger charge is -2.25. The number of aromatic nitrogens is 4. The van der Waals surface area contributed by atoms with Crippen LogP contribution in [0.5, 0.6) is 0 Å². The standard InChI is InChI=1S/C32H38N8O7/c1-45-27(42)18-39(16-25(33)14-8-9-15-34-31(43)46-19-23-10-4-2-5-11-23)26(41)17-40-22-37-28-29(35-21-36-30(28)40)38-32(44)47-20-24-12-6-3-7-13-24/h2-7,10-13,21-22,25H,8-9,14-20,33H2,1H3,(H,34,43)(H,35,36,38,44). The summed E-state index contributed by atoms with van der Waals surface area (Å²) < 4.78 is 16.7. The van der Waals surface area contributed by atoms with Crippen molar-refractivity contribution < 1.29 is 33.4 Å². The lowest BCUT2D eigenvalue weighted by Crippen LogP contribution is -2.45. The van der Waals surface area contributed by atoms with Gasteiger partial charge in [0.05, 0.1) is 13.4 Å². The van der Waals surface area contributed by atoms with Crippen LogP contribution in [0, 0.1) is 0 Å². The summed E-state index contributed by atoms with van der Waals surface area (Å²) in [5, 5.41) is 5.27. The molecular formula is C32H38N8O7. The first-order valence-corrected chi connectivity index (χ1v) is 15.0. The Balaban J connectivity index is 1.26. The normalized spacial score (nSPS) is 11.4. The van der Waals surface area contributed by atoms with Crippen molar-refractivity contribution in [3.8, 4) is 0 Å². The highest BCUT2D eigenvalue weighted by molar-refractivity contribution is 5.93. The van der Waals surface area contributed by atoms with Gasteiger partial charge in [-0.25, -0.2) is 24.5 Å². The van der Waals surface area contributed by atoms with Crippen LogP contribution in [0.15, 0.2) is 73.3 Å². The van der Waals surface area contributed by atoms with Gasteiger partial charge >= 0.3 is 18.2 Å². The Hall–Kier alpha value is -5.57. The number of alkyl carbamates (subject to hydrolysis) is 1. The van der Waals surface area contributed by atoms with E-state index in [9.17, 15) is 19.2 Å². The van der Waals surface area contributed by atoms with Gasteiger partial charge in [-0.1, -0.05) is 67.1 Å². The molecule has 0 fully saturated rings. The molecule has 47 heavy (non-hydrogen) atoms. The molecule has 2 heterocycles. The first kappa shape index (κ1) is 34.3. The highest BCUT2D eigenvalue weighted by Gasteiger charge is 2.22. The summed E-state index contributed by atoms with van der Waals surface area (Å²) in [6.45, 7) is 0.266. The van der Waals surface area contributed by atoms with Crippen molar-refractivity contribution in [3.63, 3.8) is 0 Å². The quantitative estimate of drug-likeness (QED) is 0.0921. The predicted octanol–water partition coefficient (Wildman–Crippen LogP) is 3.00. The number of rotatable bonds is 16. The summed E-state index contributed by atoms with van der Waals surface area (Å²) in [4.78, 5) is 63.7. The Morgan fingerprint density at radius 3 is 2.21 bits per heavy atom. The molecule has 0 aliphatic rings. The van der Waals surface area contributed by atoms with E-state index in [1.807, 2.05) is 60.7 Å². The van der Waals surface area contributed by atoms with Gasteiger partial charge in [-0.15, -0.1) is 0 Å². The van der Waals surface area contributed by atoms with Crippen molar-refractivity contribution in [2.45, 2.75) is 45.1 Å². The number of fused-ring (bicyclic) bond motifs is 1. The van der Waals surface area contributed by atoms with E-state index in [0.29, 0.717) is 31.5 Å². The van der Waals surface area contributed by atoms with E-state index in [-0.39, 0.29) is 44.2 Å². The molecule has 2 aromatic carbocycles. The molecule has 0 radical (unpaired) electrons. The third-order valence-corrected chi connectivity index (χ3v) is 6.98. The highest BCUT2D eigenvalue weighted by Crippen LogP contribution is 2.18. The van der Waals surface area contributed by atoms with Gasteiger partial charge in [0.1, 0.15) is 32.6 Å². The first-order valence-electron chi connectivity index (χ1n) is 15.0. The maximum absolute atomic E-state index is 13.4. The molecule has 15 heteroatoms. The van der Waals surface area contributed by atoms with Gasteiger partial charge in [0, 0.05) is 19.1 Å². The van der Waals surface area contributed by atoms with Crippen LogP contribution >= 0.6 is 0 Å². The minimum absolute atomic E-state index is 0.0721. The molecule has 1 atom stereocenters. The maximum atomic E-state index is 13.4. The number of imidazole rings is 1. The van der Waals surface area contributed by atoms with Crippen LogP contribution < -0.4 is 16.4 Å². The third kappa shape index (κ3) is 11.1. The highest BCUT2D eigenvalue weighted by atomic mass is 16.6.